The van der Waals surface area contributed by atoms with Gasteiger partial charge in [-0.05, 0) is 49.1 Å². The molecule has 17 heavy (non-hydrogen) atoms. The molecular formula is C13H18N2OS. The van der Waals surface area contributed by atoms with E-state index in [9.17, 15) is 4.79 Å². The van der Waals surface area contributed by atoms with Crippen molar-refractivity contribution in [3.8, 4) is 0 Å². The standard InChI is InChI=1S/C13H18N2OS/c16-13(8-14-9-4-5-9)15-11-2-1-3-12-10(11)6-7-17-12/h6-7,9,11,14H,1-5,8H2,(H,15,16). The number of hydrogen-bond acceptors (Lipinski definition) is 3. The molecule has 0 aliphatic heterocycles. The molecule has 1 unspecified atom stereocenters. The molecule has 3 rings (SSSR count). The van der Waals surface area contributed by atoms with Gasteiger partial charge in [0.05, 0.1) is 12.6 Å². The molecule has 1 saturated carbocycles. The van der Waals surface area contributed by atoms with Gasteiger partial charge in [-0.1, -0.05) is 0 Å². The lowest BCUT2D eigenvalue weighted by molar-refractivity contribution is -0.121. The number of carbonyl (C=O) groups is 1. The molecule has 1 aromatic heterocycles. The minimum absolute atomic E-state index is 0.140. The summed E-state index contributed by atoms with van der Waals surface area (Å²) in [6.07, 6.45) is 5.91. The Hall–Kier alpha value is -0.870. The first-order chi connectivity index (χ1) is 8.33. The van der Waals surface area contributed by atoms with Crippen molar-refractivity contribution < 1.29 is 4.79 Å². The van der Waals surface area contributed by atoms with Gasteiger partial charge in [0.25, 0.3) is 0 Å². The lowest BCUT2D eigenvalue weighted by Crippen LogP contribution is -2.37. The molecule has 2 aliphatic carbocycles. The van der Waals surface area contributed by atoms with Crippen molar-refractivity contribution in [3.63, 3.8) is 0 Å². The van der Waals surface area contributed by atoms with Crippen LogP contribution in [0.2, 0.25) is 0 Å². The molecule has 92 valence electrons. The third kappa shape index (κ3) is 2.69. The van der Waals surface area contributed by atoms with Crippen LogP contribution in [-0.2, 0) is 11.2 Å². The topological polar surface area (TPSA) is 41.1 Å². The summed E-state index contributed by atoms with van der Waals surface area (Å²) in [6, 6.07) is 3.01. The molecule has 1 heterocycles. The minimum atomic E-state index is 0.140. The van der Waals surface area contributed by atoms with Crippen LogP contribution in [0.3, 0.4) is 0 Å². The van der Waals surface area contributed by atoms with Crippen LogP contribution in [0.5, 0.6) is 0 Å². The fraction of sp³-hybridized carbons (Fsp3) is 0.615. The van der Waals surface area contributed by atoms with Gasteiger partial charge in [0.2, 0.25) is 5.91 Å². The summed E-state index contributed by atoms with van der Waals surface area (Å²) >= 11 is 1.82. The Kier molecular flexibility index (Phi) is 3.16. The zero-order chi connectivity index (χ0) is 11.7. The predicted molar refractivity (Wildman–Crippen MR) is 69.2 cm³/mol. The van der Waals surface area contributed by atoms with Crippen molar-refractivity contribution in [2.75, 3.05) is 6.54 Å². The average molecular weight is 250 g/mol. The molecule has 2 N–H and O–H groups in total. The molecule has 3 nitrogen and oxygen atoms in total. The smallest absolute Gasteiger partial charge is 0.234 e. The van der Waals surface area contributed by atoms with Gasteiger partial charge in [-0.15, -0.1) is 11.3 Å². The highest BCUT2D eigenvalue weighted by Gasteiger charge is 2.24. The van der Waals surface area contributed by atoms with Crippen LogP contribution in [-0.4, -0.2) is 18.5 Å². The first-order valence-electron chi connectivity index (χ1n) is 6.42. The van der Waals surface area contributed by atoms with Gasteiger partial charge in [-0.2, -0.15) is 0 Å². The van der Waals surface area contributed by atoms with Crippen LogP contribution < -0.4 is 10.6 Å². The third-order valence-electron chi connectivity index (χ3n) is 3.52. The second kappa shape index (κ2) is 4.78. The summed E-state index contributed by atoms with van der Waals surface area (Å²) in [5.74, 6) is 0.140. The molecule has 0 bridgehead atoms. The maximum atomic E-state index is 11.8. The van der Waals surface area contributed by atoms with Crippen LogP contribution in [0.25, 0.3) is 0 Å². The van der Waals surface area contributed by atoms with Crippen LogP contribution in [0, 0.1) is 0 Å². The van der Waals surface area contributed by atoms with Crippen molar-refractivity contribution in [2.45, 2.75) is 44.2 Å². The minimum Gasteiger partial charge on any atom is -0.348 e. The van der Waals surface area contributed by atoms with Gasteiger partial charge in [-0.25, -0.2) is 0 Å². The summed E-state index contributed by atoms with van der Waals surface area (Å²) in [5, 5.41) is 8.54. The molecule has 4 heteroatoms. The summed E-state index contributed by atoms with van der Waals surface area (Å²) < 4.78 is 0. The molecule has 0 spiro atoms. The molecule has 0 radical (unpaired) electrons. The summed E-state index contributed by atoms with van der Waals surface area (Å²) in [7, 11) is 0. The van der Waals surface area contributed by atoms with E-state index in [2.05, 4.69) is 22.1 Å². The maximum absolute atomic E-state index is 11.8. The maximum Gasteiger partial charge on any atom is 0.234 e. The largest absolute Gasteiger partial charge is 0.348 e. The second-order valence-electron chi connectivity index (χ2n) is 4.97. The van der Waals surface area contributed by atoms with Gasteiger partial charge in [-0.3, -0.25) is 4.79 Å². The van der Waals surface area contributed by atoms with Crippen LogP contribution in [0.4, 0.5) is 0 Å². The van der Waals surface area contributed by atoms with Crippen molar-refractivity contribution in [2.24, 2.45) is 0 Å². The number of carbonyl (C=O) groups excluding carboxylic acids is 1. The normalized spacial score (nSPS) is 23.2. The van der Waals surface area contributed by atoms with Crippen LogP contribution >= 0.6 is 11.3 Å². The van der Waals surface area contributed by atoms with Gasteiger partial charge in [0, 0.05) is 10.9 Å². The van der Waals surface area contributed by atoms with E-state index in [0.717, 1.165) is 6.42 Å². The van der Waals surface area contributed by atoms with Gasteiger partial charge < -0.3 is 10.6 Å². The average Bonchev–Trinajstić information content (AvgIpc) is 3.03. The monoisotopic (exact) mass is 250 g/mol. The Balaban J connectivity index is 1.56. The van der Waals surface area contributed by atoms with Crippen molar-refractivity contribution in [1.82, 2.24) is 10.6 Å². The highest BCUT2D eigenvalue weighted by atomic mass is 32.1. The Bertz CT molecular complexity index is 411. The lowest BCUT2D eigenvalue weighted by Gasteiger charge is -2.23. The lowest BCUT2D eigenvalue weighted by atomic mass is 9.94. The number of nitrogens with one attached hydrogen (secondary N) is 2. The molecule has 0 aromatic carbocycles. The first-order valence-corrected chi connectivity index (χ1v) is 7.30. The van der Waals surface area contributed by atoms with E-state index in [4.69, 9.17) is 0 Å². The highest BCUT2D eigenvalue weighted by molar-refractivity contribution is 7.10. The molecule has 1 atom stereocenters. The second-order valence-corrected chi connectivity index (χ2v) is 5.97. The zero-order valence-corrected chi connectivity index (χ0v) is 10.7. The van der Waals surface area contributed by atoms with E-state index in [0.29, 0.717) is 12.6 Å². The van der Waals surface area contributed by atoms with E-state index in [1.165, 1.54) is 36.1 Å². The Morgan fingerprint density at radius 1 is 1.41 bits per heavy atom. The summed E-state index contributed by atoms with van der Waals surface area (Å²) in [5.41, 5.74) is 1.35. The van der Waals surface area contributed by atoms with Gasteiger partial charge >= 0.3 is 0 Å². The Morgan fingerprint density at radius 3 is 3.12 bits per heavy atom. The molecule has 1 aromatic rings. The molecule has 1 amide bonds. The number of amides is 1. The fourth-order valence-electron chi connectivity index (χ4n) is 2.41. The quantitative estimate of drug-likeness (QED) is 0.858. The van der Waals surface area contributed by atoms with E-state index in [1.807, 2.05) is 11.3 Å². The van der Waals surface area contributed by atoms with E-state index in [1.54, 1.807) is 0 Å². The molecule has 0 saturated heterocycles. The number of aryl methyl sites for hydroxylation is 1. The van der Waals surface area contributed by atoms with Crippen LogP contribution in [0.15, 0.2) is 11.4 Å². The number of rotatable bonds is 4. The number of thiophene rings is 1. The van der Waals surface area contributed by atoms with Gasteiger partial charge in [0.15, 0.2) is 0 Å². The van der Waals surface area contributed by atoms with E-state index >= 15 is 0 Å². The summed E-state index contributed by atoms with van der Waals surface area (Å²) in [6.45, 7) is 0.473. The number of fused-ring (bicyclic) bond motifs is 1. The summed E-state index contributed by atoms with van der Waals surface area (Å²) in [4.78, 5) is 13.3. The van der Waals surface area contributed by atoms with Crippen molar-refractivity contribution in [3.05, 3.63) is 21.9 Å². The molecule has 2 aliphatic rings. The number of hydrogen-bond donors (Lipinski definition) is 2. The molecular weight excluding hydrogens is 232 g/mol. The molecule has 1 fully saturated rings. The third-order valence-corrected chi connectivity index (χ3v) is 4.51. The van der Waals surface area contributed by atoms with Crippen LogP contribution in [0.1, 0.15) is 42.2 Å². The van der Waals surface area contributed by atoms with E-state index in [-0.39, 0.29) is 11.9 Å². The van der Waals surface area contributed by atoms with Crippen molar-refractivity contribution >= 4 is 17.2 Å². The Morgan fingerprint density at radius 2 is 2.29 bits per heavy atom. The zero-order valence-electron chi connectivity index (χ0n) is 9.87. The van der Waals surface area contributed by atoms with E-state index < -0.39 is 0 Å². The highest BCUT2D eigenvalue weighted by Crippen LogP contribution is 2.33. The van der Waals surface area contributed by atoms with Crippen molar-refractivity contribution in [1.29, 1.82) is 0 Å². The predicted octanol–water partition coefficient (Wildman–Crippen LogP) is 1.99. The van der Waals surface area contributed by atoms with Gasteiger partial charge in [0.1, 0.15) is 0 Å². The Labute approximate surface area is 106 Å². The SMILES string of the molecule is O=C(CNC1CC1)NC1CCCc2sccc21. The fourth-order valence-corrected chi connectivity index (χ4v) is 3.39. The first kappa shape index (κ1) is 11.2.